The number of rotatable bonds is 4. The van der Waals surface area contributed by atoms with Crippen LogP contribution in [0.4, 0.5) is 0 Å². The third-order valence-electron chi connectivity index (χ3n) is 4.38. The average molecular weight is 325 g/mol. The minimum Gasteiger partial charge on any atom is -0.384 e. The summed E-state index contributed by atoms with van der Waals surface area (Å²) >= 11 is 0. The van der Waals surface area contributed by atoms with E-state index in [1.165, 1.54) is 38.4 Å². The van der Waals surface area contributed by atoms with Crippen molar-refractivity contribution >= 4 is 9.84 Å². The van der Waals surface area contributed by atoms with Gasteiger partial charge in [-0.15, -0.1) is 0 Å². The number of hydrogen-bond donors (Lipinski definition) is 1. The summed E-state index contributed by atoms with van der Waals surface area (Å²) in [5.74, 6) is 0. The van der Waals surface area contributed by atoms with E-state index in [2.05, 4.69) is 4.90 Å². The molecule has 0 spiro atoms. The average Bonchev–Trinajstić information content (AvgIpc) is 2.41. The van der Waals surface area contributed by atoms with Crippen LogP contribution in [0.25, 0.3) is 0 Å². The van der Waals surface area contributed by atoms with Gasteiger partial charge in [-0.25, -0.2) is 8.42 Å². The molecular weight excluding hydrogens is 298 g/mol. The van der Waals surface area contributed by atoms with Crippen LogP contribution < -0.4 is 0 Å². The van der Waals surface area contributed by atoms with E-state index in [1.54, 1.807) is 31.2 Å². The molecule has 0 aliphatic carbocycles. The van der Waals surface area contributed by atoms with Crippen molar-refractivity contribution < 1.29 is 13.5 Å². The molecule has 1 atom stereocenters. The van der Waals surface area contributed by atoms with Crippen LogP contribution in [0.15, 0.2) is 29.2 Å². The van der Waals surface area contributed by atoms with Crippen LogP contribution in [0.2, 0.25) is 0 Å². The first-order valence-electron chi connectivity index (χ1n) is 8.04. The van der Waals surface area contributed by atoms with Gasteiger partial charge in [-0.05, 0) is 50.6 Å². The van der Waals surface area contributed by atoms with Crippen LogP contribution >= 0.6 is 0 Å². The molecule has 1 aromatic carbocycles. The molecule has 1 heterocycles. The molecule has 1 N–H and O–H groups in total. The van der Waals surface area contributed by atoms with Gasteiger partial charge in [0.05, 0.1) is 10.5 Å². The molecule has 22 heavy (non-hydrogen) atoms. The van der Waals surface area contributed by atoms with Gasteiger partial charge in [0.2, 0.25) is 0 Å². The van der Waals surface area contributed by atoms with E-state index in [9.17, 15) is 13.5 Å². The lowest BCUT2D eigenvalue weighted by molar-refractivity contribution is 0.0136. The molecule has 1 unspecified atom stereocenters. The maximum Gasteiger partial charge on any atom is 0.175 e. The van der Waals surface area contributed by atoms with Crippen LogP contribution in [0, 0.1) is 0 Å². The fourth-order valence-electron chi connectivity index (χ4n) is 3.06. The van der Waals surface area contributed by atoms with Crippen molar-refractivity contribution in [1.82, 2.24) is 4.90 Å². The highest BCUT2D eigenvalue weighted by molar-refractivity contribution is 7.90. The smallest absolute Gasteiger partial charge is 0.175 e. The van der Waals surface area contributed by atoms with Gasteiger partial charge in [0, 0.05) is 12.8 Å². The second kappa shape index (κ2) is 7.11. The van der Waals surface area contributed by atoms with Gasteiger partial charge in [-0.1, -0.05) is 31.4 Å². The third-order valence-corrected chi connectivity index (χ3v) is 5.51. The first-order valence-corrected chi connectivity index (χ1v) is 9.93. The Morgan fingerprint density at radius 3 is 2.05 bits per heavy atom. The van der Waals surface area contributed by atoms with Crippen molar-refractivity contribution in [3.8, 4) is 0 Å². The molecule has 0 bridgehead atoms. The largest absolute Gasteiger partial charge is 0.384 e. The Balaban J connectivity index is 2.08. The Kier molecular flexibility index (Phi) is 5.64. The van der Waals surface area contributed by atoms with Gasteiger partial charge in [0.25, 0.3) is 0 Å². The summed E-state index contributed by atoms with van der Waals surface area (Å²) < 4.78 is 23.0. The minimum atomic E-state index is -3.19. The first-order chi connectivity index (χ1) is 10.3. The summed E-state index contributed by atoms with van der Waals surface area (Å²) in [4.78, 5) is 2.61. The van der Waals surface area contributed by atoms with E-state index in [4.69, 9.17) is 0 Å². The Labute approximate surface area is 134 Å². The molecule has 1 saturated heterocycles. The van der Waals surface area contributed by atoms with Gasteiger partial charge in [-0.3, -0.25) is 0 Å². The lowest BCUT2D eigenvalue weighted by Crippen LogP contribution is -2.40. The minimum absolute atomic E-state index is 0.290. The van der Waals surface area contributed by atoms with E-state index in [-0.39, 0.29) is 0 Å². The van der Waals surface area contributed by atoms with Crippen molar-refractivity contribution in [2.75, 3.05) is 25.9 Å². The molecule has 4 nitrogen and oxygen atoms in total. The van der Waals surface area contributed by atoms with Gasteiger partial charge in [0.15, 0.2) is 9.84 Å². The fraction of sp³-hybridized carbons (Fsp3) is 0.647. The van der Waals surface area contributed by atoms with Gasteiger partial charge in [0.1, 0.15) is 0 Å². The van der Waals surface area contributed by atoms with Crippen molar-refractivity contribution in [3.05, 3.63) is 29.8 Å². The summed E-state index contributed by atoms with van der Waals surface area (Å²) in [7, 11) is -3.19. The topological polar surface area (TPSA) is 57.6 Å². The highest BCUT2D eigenvalue weighted by Crippen LogP contribution is 2.24. The molecule has 0 amide bonds. The molecule has 5 heteroatoms. The third kappa shape index (κ3) is 4.80. The quantitative estimate of drug-likeness (QED) is 0.924. The van der Waals surface area contributed by atoms with Gasteiger partial charge < -0.3 is 10.0 Å². The highest BCUT2D eigenvalue weighted by atomic mass is 32.2. The number of likely N-dealkylation sites (tertiary alicyclic amines) is 1. The van der Waals surface area contributed by atoms with E-state index < -0.39 is 15.4 Å². The van der Waals surface area contributed by atoms with E-state index in [0.717, 1.165) is 18.7 Å². The van der Waals surface area contributed by atoms with Gasteiger partial charge >= 0.3 is 0 Å². The lowest BCUT2D eigenvalue weighted by Gasteiger charge is -2.33. The summed E-state index contributed by atoms with van der Waals surface area (Å²) in [6.07, 6.45) is 7.41. The first kappa shape index (κ1) is 17.4. The predicted molar refractivity (Wildman–Crippen MR) is 88.6 cm³/mol. The van der Waals surface area contributed by atoms with Crippen LogP contribution in [0.5, 0.6) is 0 Å². The second-order valence-electron chi connectivity index (χ2n) is 6.61. The number of β-amino-alcohol motifs (C(OH)–C–C–N with tert-alkyl or cyclic N) is 1. The van der Waals surface area contributed by atoms with Crippen molar-refractivity contribution in [2.24, 2.45) is 0 Å². The summed E-state index contributed by atoms with van der Waals surface area (Å²) in [5, 5.41) is 10.8. The molecule has 2 rings (SSSR count). The zero-order valence-electron chi connectivity index (χ0n) is 13.6. The number of sulfone groups is 1. The number of hydrogen-bond acceptors (Lipinski definition) is 4. The van der Waals surface area contributed by atoms with Crippen LogP contribution in [-0.4, -0.2) is 44.3 Å². The van der Waals surface area contributed by atoms with Crippen molar-refractivity contribution in [2.45, 2.75) is 49.5 Å². The number of nitrogens with zero attached hydrogens (tertiary/aromatic N) is 1. The second-order valence-corrected chi connectivity index (χ2v) is 8.63. The molecule has 0 aromatic heterocycles. The summed E-state index contributed by atoms with van der Waals surface area (Å²) in [5.41, 5.74) is -0.197. The lowest BCUT2D eigenvalue weighted by atomic mass is 9.95. The Morgan fingerprint density at radius 1 is 1.05 bits per heavy atom. The van der Waals surface area contributed by atoms with Crippen LogP contribution in [-0.2, 0) is 15.4 Å². The molecule has 0 saturated carbocycles. The Bertz CT molecular complexity index is 570. The zero-order valence-corrected chi connectivity index (χ0v) is 14.4. The number of benzene rings is 1. The molecular formula is C17H27NO3S. The molecule has 1 aliphatic rings. The normalized spacial score (nSPS) is 20.9. The Hall–Kier alpha value is -0.910. The fourth-order valence-corrected chi connectivity index (χ4v) is 3.69. The standard InChI is InChI=1S/C17H27NO3S/c1-17(19,14-18-12-6-4-3-5-7-13-18)15-8-10-16(11-9-15)22(2,20)21/h8-11,19H,3-7,12-14H2,1-2H3. The molecule has 1 aromatic rings. The molecule has 1 aliphatic heterocycles. The van der Waals surface area contributed by atoms with E-state index in [0.29, 0.717) is 11.4 Å². The van der Waals surface area contributed by atoms with Gasteiger partial charge in [-0.2, -0.15) is 0 Å². The van der Waals surface area contributed by atoms with E-state index >= 15 is 0 Å². The van der Waals surface area contributed by atoms with Crippen molar-refractivity contribution in [1.29, 1.82) is 0 Å². The number of aliphatic hydroxyl groups is 1. The summed E-state index contributed by atoms with van der Waals surface area (Å²) in [6, 6.07) is 6.60. The SMILES string of the molecule is CC(O)(CN1CCCCCCC1)c1ccc(S(C)(=O)=O)cc1. The Morgan fingerprint density at radius 2 is 1.55 bits per heavy atom. The van der Waals surface area contributed by atoms with Crippen LogP contribution in [0.3, 0.4) is 0 Å². The zero-order chi connectivity index (χ0) is 16.2. The molecule has 124 valence electrons. The van der Waals surface area contributed by atoms with Crippen molar-refractivity contribution in [3.63, 3.8) is 0 Å². The van der Waals surface area contributed by atoms with E-state index in [1.807, 2.05) is 0 Å². The van der Waals surface area contributed by atoms with Crippen LogP contribution in [0.1, 0.15) is 44.6 Å². The monoisotopic (exact) mass is 325 g/mol. The molecule has 0 radical (unpaired) electrons. The molecule has 1 fully saturated rings. The predicted octanol–water partition coefficient (Wildman–Crippen LogP) is 2.56. The summed E-state index contributed by atoms with van der Waals surface area (Å²) in [6.45, 7) is 4.45. The maximum atomic E-state index is 11.5. The maximum absolute atomic E-state index is 11.5. The highest BCUT2D eigenvalue weighted by Gasteiger charge is 2.26.